The Bertz CT molecular complexity index is 596. The number of benzene rings is 1. The van der Waals surface area contributed by atoms with Crippen molar-refractivity contribution in [2.45, 2.75) is 34.6 Å². The van der Waals surface area contributed by atoms with E-state index in [-0.39, 0.29) is 0 Å². The van der Waals surface area contributed by atoms with E-state index in [1.54, 1.807) is 0 Å². The molecule has 0 spiro atoms. The van der Waals surface area contributed by atoms with Crippen molar-refractivity contribution in [2.75, 3.05) is 42.5 Å². The molecule has 0 radical (unpaired) electrons. The van der Waals surface area contributed by atoms with Gasteiger partial charge in [0, 0.05) is 25.3 Å². The summed E-state index contributed by atoms with van der Waals surface area (Å²) in [6, 6.07) is 10.7. The number of anilines is 3. The van der Waals surface area contributed by atoms with Crippen LogP contribution in [0, 0.1) is 0 Å². The zero-order valence-corrected chi connectivity index (χ0v) is 14.8. The lowest BCUT2D eigenvalue weighted by Gasteiger charge is -2.20. The van der Waals surface area contributed by atoms with Crippen molar-refractivity contribution in [3.8, 4) is 0 Å². The van der Waals surface area contributed by atoms with Gasteiger partial charge in [-0.15, -0.1) is 0 Å². The molecule has 2 aromatic rings. The summed E-state index contributed by atoms with van der Waals surface area (Å²) in [4.78, 5) is 4.93. The molecule has 0 aromatic heterocycles. The van der Waals surface area contributed by atoms with Gasteiger partial charge in [-0.2, -0.15) is 0 Å². The molecule has 0 unspecified atom stereocenters. The van der Waals surface area contributed by atoms with E-state index in [9.17, 15) is 0 Å². The summed E-state index contributed by atoms with van der Waals surface area (Å²) in [6.07, 6.45) is 0. The summed E-state index contributed by atoms with van der Waals surface area (Å²) in [6.45, 7) is 16.4. The minimum Gasteiger partial charge on any atom is -0.365 e. The molecule has 0 fully saturated rings. The molecule has 2 rings (SSSR count). The zero-order chi connectivity index (χ0) is 16.1. The highest BCUT2D eigenvalue weighted by Gasteiger charge is 2.36. The lowest BCUT2D eigenvalue weighted by atomic mass is 10.3. The van der Waals surface area contributed by atoms with Crippen LogP contribution in [0.3, 0.4) is 0 Å². The van der Waals surface area contributed by atoms with Gasteiger partial charge in [0.2, 0.25) is 0 Å². The average Bonchev–Trinajstić information content (AvgIpc) is 3.26. The van der Waals surface area contributed by atoms with Gasteiger partial charge in [0.15, 0.2) is 0 Å². The van der Waals surface area contributed by atoms with Crippen LogP contribution < -0.4 is 19.7 Å². The third-order valence-corrected chi connectivity index (χ3v) is 4.42. The van der Waals surface area contributed by atoms with E-state index >= 15 is 0 Å². The van der Waals surface area contributed by atoms with Crippen LogP contribution in [0.25, 0.3) is 0 Å². The summed E-state index contributed by atoms with van der Waals surface area (Å²) >= 11 is 0. The predicted molar refractivity (Wildman–Crippen MR) is 97.8 cm³/mol. The molecule has 0 saturated heterocycles. The van der Waals surface area contributed by atoms with E-state index in [2.05, 4.69) is 79.3 Å². The molecule has 0 aliphatic rings. The van der Waals surface area contributed by atoms with Gasteiger partial charge < -0.3 is 9.80 Å². The third kappa shape index (κ3) is 3.03. The minimum absolute atomic E-state index is 0.995. The number of para-hydroxylation sites is 1. The van der Waals surface area contributed by atoms with Gasteiger partial charge in [0.05, 0.1) is 0 Å². The second kappa shape index (κ2) is 7.48. The fourth-order valence-electron chi connectivity index (χ4n) is 3.17. The lowest BCUT2D eigenvalue weighted by Crippen LogP contribution is -2.28. The Morgan fingerprint density at radius 1 is 0.773 bits per heavy atom. The lowest BCUT2D eigenvalue weighted by molar-refractivity contribution is 0.634. The Morgan fingerprint density at radius 2 is 1.36 bits per heavy atom. The first-order chi connectivity index (χ1) is 10.7. The van der Waals surface area contributed by atoms with Gasteiger partial charge >= 0.3 is 0 Å². The largest absolute Gasteiger partial charge is 0.365 e. The van der Waals surface area contributed by atoms with Crippen molar-refractivity contribution in [3.63, 3.8) is 0 Å². The summed E-state index contributed by atoms with van der Waals surface area (Å²) in [5, 5.41) is 1.44. The van der Waals surface area contributed by atoms with Crippen LogP contribution in [-0.2, 0) is 0 Å². The van der Waals surface area contributed by atoms with Gasteiger partial charge in [0.1, 0.15) is 24.5 Å². The second-order valence-corrected chi connectivity index (χ2v) is 5.47. The van der Waals surface area contributed by atoms with Crippen LogP contribution >= 0.6 is 0 Å². The SMILES string of the molecule is CCN(CC)c1c(N(CC)c2ccccc2)c1=[N+](CC)CC. The molecular formula is C19H30N3+. The maximum atomic E-state index is 2.48. The highest BCUT2D eigenvalue weighted by molar-refractivity contribution is 5.89. The highest BCUT2D eigenvalue weighted by Crippen LogP contribution is 2.36. The predicted octanol–water partition coefficient (Wildman–Crippen LogP) is 3.38. The van der Waals surface area contributed by atoms with Crippen LogP contribution in [0.1, 0.15) is 34.6 Å². The maximum Gasteiger partial charge on any atom is 0.252 e. The molecule has 3 heteroatoms. The van der Waals surface area contributed by atoms with Crippen molar-refractivity contribution >= 4 is 17.1 Å². The van der Waals surface area contributed by atoms with Crippen LogP contribution in [0.15, 0.2) is 30.3 Å². The van der Waals surface area contributed by atoms with E-state index in [0.29, 0.717) is 0 Å². The first-order valence-electron chi connectivity index (χ1n) is 8.67. The van der Waals surface area contributed by atoms with E-state index in [0.717, 1.165) is 32.7 Å². The van der Waals surface area contributed by atoms with Gasteiger partial charge in [-0.3, -0.25) is 0 Å². The molecule has 3 nitrogen and oxygen atoms in total. The number of rotatable bonds is 8. The van der Waals surface area contributed by atoms with Gasteiger partial charge in [0.25, 0.3) is 5.36 Å². The number of hydrogen-bond donors (Lipinski definition) is 0. The van der Waals surface area contributed by atoms with Gasteiger partial charge in [-0.05, 0) is 46.8 Å². The smallest absolute Gasteiger partial charge is 0.252 e. The van der Waals surface area contributed by atoms with E-state index in [4.69, 9.17) is 0 Å². The van der Waals surface area contributed by atoms with Crippen LogP contribution in [0.2, 0.25) is 0 Å². The zero-order valence-electron chi connectivity index (χ0n) is 14.8. The first-order valence-corrected chi connectivity index (χ1v) is 8.67. The molecule has 0 N–H and O–H groups in total. The third-order valence-electron chi connectivity index (χ3n) is 4.42. The fraction of sp³-hybridized carbons (Fsp3) is 0.526. The van der Waals surface area contributed by atoms with E-state index in [1.807, 2.05) is 0 Å². The van der Waals surface area contributed by atoms with Crippen LogP contribution in [-0.4, -0.2) is 32.7 Å². The quantitative estimate of drug-likeness (QED) is 0.691. The van der Waals surface area contributed by atoms with Crippen molar-refractivity contribution in [1.82, 2.24) is 4.58 Å². The van der Waals surface area contributed by atoms with Crippen LogP contribution in [0.5, 0.6) is 0 Å². The Morgan fingerprint density at radius 3 is 1.82 bits per heavy atom. The first kappa shape index (κ1) is 16.6. The fourth-order valence-corrected chi connectivity index (χ4v) is 3.17. The molecule has 0 saturated carbocycles. The topological polar surface area (TPSA) is 9.49 Å². The molecule has 0 heterocycles. The van der Waals surface area contributed by atoms with Crippen molar-refractivity contribution in [2.24, 2.45) is 0 Å². The van der Waals surface area contributed by atoms with E-state index < -0.39 is 0 Å². The molecule has 2 aromatic carbocycles. The van der Waals surface area contributed by atoms with Crippen molar-refractivity contribution < 1.29 is 0 Å². The standard InChI is InChI=1S/C19H30N3/c1-6-20(7-2)17-18(21(8-3)9-4)19(17)22(10-5)16-14-12-11-13-15-16/h11-15H,6-10H2,1-5H3/q+1. The molecule has 0 amide bonds. The Kier molecular flexibility index (Phi) is 5.64. The minimum atomic E-state index is 0.995. The summed E-state index contributed by atoms with van der Waals surface area (Å²) in [5.41, 5.74) is 4.15. The number of hydrogen-bond acceptors (Lipinski definition) is 2. The Balaban J connectivity index is 2.52. The maximum absolute atomic E-state index is 2.48. The molecule has 0 aliphatic carbocycles. The van der Waals surface area contributed by atoms with Crippen molar-refractivity contribution in [1.29, 1.82) is 0 Å². The molecule has 0 atom stereocenters. The van der Waals surface area contributed by atoms with E-state index in [1.165, 1.54) is 22.4 Å². The normalized spacial score (nSPS) is 11.0. The van der Waals surface area contributed by atoms with Gasteiger partial charge in [-0.25, -0.2) is 4.58 Å². The monoisotopic (exact) mass is 300 g/mol. The highest BCUT2D eigenvalue weighted by atomic mass is 15.3. The Hall–Kier alpha value is -1.77. The number of nitrogens with zero attached hydrogens (tertiary/aromatic N) is 3. The molecule has 120 valence electrons. The molecule has 0 aliphatic heterocycles. The summed E-state index contributed by atoms with van der Waals surface area (Å²) in [5.74, 6) is 0. The second-order valence-electron chi connectivity index (χ2n) is 5.47. The Labute approximate surface area is 135 Å². The summed E-state index contributed by atoms with van der Waals surface area (Å²) in [7, 11) is 0. The molecule has 22 heavy (non-hydrogen) atoms. The molecule has 0 bridgehead atoms. The van der Waals surface area contributed by atoms with Crippen LogP contribution in [0.4, 0.5) is 17.1 Å². The molecular weight excluding hydrogens is 270 g/mol. The van der Waals surface area contributed by atoms with Gasteiger partial charge in [-0.1, -0.05) is 18.2 Å². The average molecular weight is 300 g/mol. The van der Waals surface area contributed by atoms with Crippen molar-refractivity contribution in [3.05, 3.63) is 35.7 Å². The summed E-state index contributed by atoms with van der Waals surface area (Å²) < 4.78 is 2.48.